The molecule has 0 radical (unpaired) electrons. The summed E-state index contributed by atoms with van der Waals surface area (Å²) in [5.41, 5.74) is 6.80. The van der Waals surface area contributed by atoms with Crippen molar-refractivity contribution < 1.29 is 4.79 Å². The number of fused-ring (bicyclic) bond motifs is 2. The van der Waals surface area contributed by atoms with E-state index in [1.54, 1.807) is 6.20 Å². The zero-order valence-corrected chi connectivity index (χ0v) is 15.8. The van der Waals surface area contributed by atoms with E-state index in [9.17, 15) is 4.79 Å². The molecular formula is C23H20N4O. The third-order valence-electron chi connectivity index (χ3n) is 5.52. The van der Waals surface area contributed by atoms with Gasteiger partial charge in [0.05, 0.1) is 0 Å². The molecule has 1 aliphatic heterocycles. The van der Waals surface area contributed by atoms with Crippen molar-refractivity contribution in [3.8, 4) is 22.3 Å². The smallest absolute Gasteiger partial charge is 0.251 e. The summed E-state index contributed by atoms with van der Waals surface area (Å²) in [5.74, 6) is 0.000308. The van der Waals surface area contributed by atoms with E-state index < -0.39 is 0 Å². The van der Waals surface area contributed by atoms with Crippen LogP contribution in [-0.2, 0) is 5.41 Å². The highest BCUT2D eigenvalue weighted by atomic mass is 16.1. The van der Waals surface area contributed by atoms with Gasteiger partial charge < -0.3 is 10.3 Å². The first-order chi connectivity index (χ1) is 13.5. The van der Waals surface area contributed by atoms with Crippen LogP contribution in [0.3, 0.4) is 0 Å². The van der Waals surface area contributed by atoms with Gasteiger partial charge in [-0.15, -0.1) is 0 Å². The zero-order valence-electron chi connectivity index (χ0n) is 15.8. The van der Waals surface area contributed by atoms with E-state index in [-0.39, 0.29) is 11.3 Å². The van der Waals surface area contributed by atoms with Crippen molar-refractivity contribution in [3.05, 3.63) is 72.3 Å². The van der Waals surface area contributed by atoms with Crippen LogP contribution in [0.4, 0.5) is 0 Å². The van der Waals surface area contributed by atoms with Crippen molar-refractivity contribution in [1.82, 2.24) is 20.3 Å². The molecule has 4 heterocycles. The minimum absolute atomic E-state index is 0.000308. The molecule has 1 amide bonds. The van der Waals surface area contributed by atoms with Gasteiger partial charge in [-0.25, -0.2) is 4.98 Å². The quantitative estimate of drug-likeness (QED) is 0.554. The number of hydrogen-bond acceptors (Lipinski definition) is 3. The monoisotopic (exact) mass is 368 g/mol. The van der Waals surface area contributed by atoms with Gasteiger partial charge in [-0.3, -0.25) is 9.78 Å². The Hall–Kier alpha value is -3.47. The predicted molar refractivity (Wildman–Crippen MR) is 110 cm³/mol. The normalized spacial score (nSPS) is 15.3. The number of nitrogens with one attached hydrogen (secondary N) is 2. The van der Waals surface area contributed by atoms with Crippen LogP contribution in [0.15, 0.2) is 61.2 Å². The Morgan fingerprint density at radius 1 is 1.00 bits per heavy atom. The zero-order chi connectivity index (χ0) is 19.3. The summed E-state index contributed by atoms with van der Waals surface area (Å²) in [6.45, 7) is 4.96. The van der Waals surface area contributed by atoms with E-state index in [0.29, 0.717) is 6.54 Å². The molecule has 2 N–H and O–H groups in total. The highest BCUT2D eigenvalue weighted by molar-refractivity contribution is 6.00. The Balaban J connectivity index is 1.67. The Kier molecular flexibility index (Phi) is 3.59. The average molecular weight is 368 g/mol. The molecule has 138 valence electrons. The number of hydrogen-bond donors (Lipinski definition) is 2. The van der Waals surface area contributed by atoms with Gasteiger partial charge in [-0.1, -0.05) is 26.0 Å². The standard InChI is InChI=1S/C23H20N4O/c1-23(2)13-27-22(28)17-6-5-14(9-20(17)23)19-12-26-21-18(19)8-16(11-25-21)15-4-3-7-24-10-15/h3-12H,13H2,1-2H3,(H,25,26)(H,27,28). The van der Waals surface area contributed by atoms with Crippen molar-refractivity contribution in [1.29, 1.82) is 0 Å². The van der Waals surface area contributed by atoms with Crippen LogP contribution in [0, 0.1) is 0 Å². The SMILES string of the molecule is CC1(C)CNC(=O)c2ccc(-c3c[nH]c4ncc(-c5cccnc5)cc34)cc21. The van der Waals surface area contributed by atoms with E-state index in [1.807, 2.05) is 42.9 Å². The molecule has 1 aromatic carbocycles. The lowest BCUT2D eigenvalue weighted by atomic mass is 9.78. The number of carbonyl (C=O) groups excluding carboxylic acids is 1. The van der Waals surface area contributed by atoms with Gasteiger partial charge in [0.15, 0.2) is 0 Å². The molecule has 0 saturated carbocycles. The number of nitrogens with zero attached hydrogens (tertiary/aromatic N) is 2. The first kappa shape index (κ1) is 16.7. The fraction of sp³-hybridized carbons (Fsp3) is 0.174. The van der Waals surface area contributed by atoms with Crippen LogP contribution in [0.2, 0.25) is 0 Å². The van der Waals surface area contributed by atoms with E-state index in [2.05, 4.69) is 46.2 Å². The van der Waals surface area contributed by atoms with Gasteiger partial charge >= 0.3 is 0 Å². The Labute approximate surface area is 162 Å². The number of H-pyrrole nitrogens is 1. The summed E-state index contributed by atoms with van der Waals surface area (Å²) < 4.78 is 0. The second-order valence-electron chi connectivity index (χ2n) is 7.89. The van der Waals surface area contributed by atoms with Gasteiger partial charge in [-0.2, -0.15) is 0 Å². The van der Waals surface area contributed by atoms with Gasteiger partial charge in [-0.05, 0) is 35.4 Å². The van der Waals surface area contributed by atoms with Crippen LogP contribution >= 0.6 is 0 Å². The summed E-state index contributed by atoms with van der Waals surface area (Å²) in [4.78, 5) is 24.3. The summed E-state index contributed by atoms with van der Waals surface area (Å²) in [6.07, 6.45) is 7.46. The minimum atomic E-state index is -0.107. The molecule has 0 aliphatic carbocycles. The number of rotatable bonds is 2. The van der Waals surface area contributed by atoms with E-state index in [0.717, 1.165) is 44.4 Å². The third-order valence-corrected chi connectivity index (χ3v) is 5.52. The number of benzene rings is 1. The van der Waals surface area contributed by atoms with Crippen LogP contribution in [0.25, 0.3) is 33.3 Å². The average Bonchev–Trinajstić information content (AvgIpc) is 3.15. The Morgan fingerprint density at radius 3 is 2.71 bits per heavy atom. The van der Waals surface area contributed by atoms with Crippen LogP contribution in [0.5, 0.6) is 0 Å². The second kappa shape index (κ2) is 6.02. The van der Waals surface area contributed by atoms with E-state index in [4.69, 9.17) is 0 Å². The number of carbonyl (C=O) groups is 1. The highest BCUT2D eigenvalue weighted by Gasteiger charge is 2.31. The lowest BCUT2D eigenvalue weighted by Crippen LogP contribution is -2.43. The van der Waals surface area contributed by atoms with Gasteiger partial charge in [0.2, 0.25) is 0 Å². The van der Waals surface area contributed by atoms with E-state index >= 15 is 0 Å². The van der Waals surface area contributed by atoms with Gasteiger partial charge in [0, 0.05) is 64.4 Å². The molecule has 0 atom stereocenters. The fourth-order valence-corrected chi connectivity index (χ4v) is 3.90. The third kappa shape index (κ3) is 2.59. The first-order valence-corrected chi connectivity index (χ1v) is 9.33. The van der Waals surface area contributed by atoms with Crippen LogP contribution in [-0.4, -0.2) is 27.4 Å². The molecule has 4 aromatic rings. The Bertz CT molecular complexity index is 1210. The predicted octanol–water partition coefficient (Wildman–Crippen LogP) is 4.31. The first-order valence-electron chi connectivity index (χ1n) is 9.33. The summed E-state index contributed by atoms with van der Waals surface area (Å²) >= 11 is 0. The van der Waals surface area contributed by atoms with Gasteiger partial charge in [0.1, 0.15) is 5.65 Å². The maximum Gasteiger partial charge on any atom is 0.251 e. The molecule has 0 fully saturated rings. The molecule has 5 nitrogen and oxygen atoms in total. The van der Waals surface area contributed by atoms with Crippen molar-refractivity contribution >= 4 is 16.9 Å². The molecule has 28 heavy (non-hydrogen) atoms. The summed E-state index contributed by atoms with van der Waals surface area (Å²) in [5, 5.41) is 4.03. The Morgan fingerprint density at radius 2 is 1.89 bits per heavy atom. The molecule has 0 saturated heterocycles. The maximum absolute atomic E-state index is 12.3. The number of amides is 1. The fourth-order valence-electron chi connectivity index (χ4n) is 3.90. The number of aromatic nitrogens is 3. The van der Waals surface area contributed by atoms with Crippen molar-refractivity contribution in [2.24, 2.45) is 0 Å². The molecular weight excluding hydrogens is 348 g/mol. The summed E-state index contributed by atoms with van der Waals surface area (Å²) in [7, 11) is 0. The molecule has 3 aromatic heterocycles. The number of aromatic amines is 1. The summed E-state index contributed by atoms with van der Waals surface area (Å²) in [6, 6.07) is 12.2. The molecule has 5 rings (SSSR count). The van der Waals surface area contributed by atoms with Crippen LogP contribution in [0.1, 0.15) is 29.8 Å². The molecule has 1 aliphatic rings. The highest BCUT2D eigenvalue weighted by Crippen LogP contribution is 2.36. The van der Waals surface area contributed by atoms with Crippen molar-refractivity contribution in [3.63, 3.8) is 0 Å². The minimum Gasteiger partial charge on any atom is -0.351 e. The van der Waals surface area contributed by atoms with E-state index in [1.165, 1.54) is 0 Å². The van der Waals surface area contributed by atoms with Crippen molar-refractivity contribution in [2.45, 2.75) is 19.3 Å². The molecule has 0 unspecified atom stereocenters. The largest absolute Gasteiger partial charge is 0.351 e. The number of pyridine rings is 2. The maximum atomic E-state index is 12.3. The lowest BCUT2D eigenvalue weighted by molar-refractivity contribution is 0.0930. The van der Waals surface area contributed by atoms with Crippen molar-refractivity contribution in [2.75, 3.05) is 6.54 Å². The van der Waals surface area contributed by atoms with Gasteiger partial charge in [0.25, 0.3) is 5.91 Å². The van der Waals surface area contributed by atoms with Crippen LogP contribution < -0.4 is 5.32 Å². The molecule has 0 bridgehead atoms. The lowest BCUT2D eigenvalue weighted by Gasteiger charge is -2.32. The second-order valence-corrected chi connectivity index (χ2v) is 7.89. The molecule has 0 spiro atoms. The molecule has 5 heteroatoms. The topological polar surface area (TPSA) is 70.7 Å².